The maximum atomic E-state index is 13.2. The van der Waals surface area contributed by atoms with Crippen LogP contribution in [0.25, 0.3) is 22.3 Å². The summed E-state index contributed by atoms with van der Waals surface area (Å²) in [5, 5.41) is 82.0. The van der Waals surface area contributed by atoms with Crippen LogP contribution in [0.3, 0.4) is 0 Å². The van der Waals surface area contributed by atoms with E-state index in [4.69, 9.17) is 32.8 Å². The highest BCUT2D eigenvalue weighted by molar-refractivity contribution is 5.89. The molecule has 2 aliphatic rings. The van der Waals surface area contributed by atoms with E-state index in [9.17, 15) is 50.4 Å². The van der Waals surface area contributed by atoms with Crippen molar-refractivity contribution in [3.8, 4) is 34.3 Å². The fourth-order valence-electron chi connectivity index (χ4n) is 5.16. The van der Waals surface area contributed by atoms with E-state index in [2.05, 4.69) is 0 Å². The molecule has 4 unspecified atom stereocenters. The van der Waals surface area contributed by atoms with Crippen molar-refractivity contribution in [2.24, 2.45) is 0 Å². The molecule has 5 rings (SSSR count). The van der Waals surface area contributed by atoms with Gasteiger partial charge in [0.2, 0.25) is 12.0 Å². The van der Waals surface area contributed by atoms with Crippen LogP contribution in [0.15, 0.2) is 45.6 Å². The van der Waals surface area contributed by atoms with Crippen LogP contribution in [0.1, 0.15) is 0 Å². The first-order chi connectivity index (χ1) is 21.9. The third kappa shape index (κ3) is 6.07. The molecule has 0 bridgehead atoms. The molecule has 17 heteroatoms. The number of carboxylic acid groups (broad SMARTS) is 1. The van der Waals surface area contributed by atoms with Crippen molar-refractivity contribution in [3.63, 3.8) is 0 Å². The highest BCUT2D eigenvalue weighted by Crippen LogP contribution is 2.44. The van der Waals surface area contributed by atoms with Gasteiger partial charge >= 0.3 is 5.97 Å². The van der Waals surface area contributed by atoms with Crippen LogP contribution in [0.5, 0.6) is 23.0 Å². The van der Waals surface area contributed by atoms with Gasteiger partial charge in [-0.2, -0.15) is 0 Å². The molecule has 3 aromatic rings. The number of aliphatic carboxylic acids is 1. The second-order valence-electron chi connectivity index (χ2n) is 10.5. The summed E-state index contributed by atoms with van der Waals surface area (Å²) in [6, 6.07) is 8.91. The Labute approximate surface area is 258 Å². The summed E-state index contributed by atoms with van der Waals surface area (Å²) in [6.45, 7) is -0.816. The maximum absolute atomic E-state index is 13.2. The molecule has 17 nitrogen and oxygen atoms in total. The Kier molecular flexibility index (Phi) is 9.68. The maximum Gasteiger partial charge on any atom is 0.335 e. The number of aliphatic hydroxyl groups excluding tert-OH is 6. The summed E-state index contributed by atoms with van der Waals surface area (Å²) in [7, 11) is 2.67. The molecule has 0 amide bonds. The number of rotatable bonds is 9. The first-order valence-electron chi connectivity index (χ1n) is 13.8. The average Bonchev–Trinajstić information content (AvgIpc) is 3.04. The van der Waals surface area contributed by atoms with Crippen LogP contribution in [0, 0.1) is 0 Å². The predicted molar refractivity (Wildman–Crippen MR) is 150 cm³/mol. The predicted octanol–water partition coefficient (Wildman–Crippen LogP) is -1.72. The van der Waals surface area contributed by atoms with E-state index in [0.29, 0.717) is 11.3 Å². The topological polar surface area (TPSA) is 264 Å². The number of aliphatic hydroxyl groups is 6. The summed E-state index contributed by atoms with van der Waals surface area (Å²) >= 11 is 0. The number of aromatic hydroxyl groups is 1. The largest absolute Gasteiger partial charge is 0.504 e. The lowest BCUT2D eigenvalue weighted by Crippen LogP contribution is -2.65. The molecule has 2 aromatic carbocycles. The number of hydrogen-bond acceptors (Lipinski definition) is 16. The van der Waals surface area contributed by atoms with Crippen LogP contribution in [0.4, 0.5) is 0 Å². The second-order valence-corrected chi connectivity index (χ2v) is 10.5. The van der Waals surface area contributed by atoms with Crippen LogP contribution < -0.4 is 19.6 Å². The summed E-state index contributed by atoms with van der Waals surface area (Å²) in [5.74, 6) is -2.67. The highest BCUT2D eigenvalue weighted by Gasteiger charge is 2.53. The Morgan fingerprint density at radius 1 is 0.870 bits per heavy atom. The molecule has 46 heavy (non-hydrogen) atoms. The number of fused-ring (bicyclic) bond motifs is 1. The number of hydrogen-bond donors (Lipinski definition) is 8. The number of carbonyl (C=O) groups is 1. The van der Waals surface area contributed by atoms with Gasteiger partial charge < -0.3 is 73.7 Å². The van der Waals surface area contributed by atoms with E-state index >= 15 is 0 Å². The molecule has 1 aromatic heterocycles. The van der Waals surface area contributed by atoms with Gasteiger partial charge in [-0.3, -0.25) is 4.79 Å². The third-order valence-electron chi connectivity index (χ3n) is 7.67. The lowest BCUT2D eigenvalue weighted by Gasteiger charge is -2.45. The van der Waals surface area contributed by atoms with Gasteiger partial charge in [0.25, 0.3) is 0 Å². The Morgan fingerprint density at radius 3 is 2.17 bits per heavy atom. The fraction of sp³-hybridized carbons (Fsp3) is 0.448. The zero-order chi connectivity index (χ0) is 33.4. The zero-order valence-electron chi connectivity index (χ0n) is 24.2. The summed E-state index contributed by atoms with van der Waals surface area (Å²) in [5.41, 5.74) is -0.332. The molecule has 8 N–H and O–H groups in total. The van der Waals surface area contributed by atoms with Gasteiger partial charge in [0.1, 0.15) is 59.1 Å². The SMILES string of the molecule is COc1ccc(-c2cc(=O)c3c(O)c(O[C@@H]4OC(C(=O)O)[C@@H](O)[C@H](O)C4O[C@@H]4OC(CO)[C@@H](O)[C@H](O)C4O)c(OC)cc3o2)cc1. The number of benzene rings is 2. The molecule has 2 fully saturated rings. The average molecular weight is 653 g/mol. The van der Waals surface area contributed by atoms with Crippen LogP contribution in [0.2, 0.25) is 0 Å². The van der Waals surface area contributed by atoms with Gasteiger partial charge in [-0.1, -0.05) is 0 Å². The molecule has 2 aliphatic heterocycles. The monoisotopic (exact) mass is 652 g/mol. The molecular formula is C29H32O17. The van der Waals surface area contributed by atoms with E-state index < -0.39 is 90.9 Å². The lowest BCUT2D eigenvalue weighted by atomic mass is 9.97. The Hall–Kier alpha value is -4.04. The summed E-state index contributed by atoms with van der Waals surface area (Å²) in [6.07, 6.45) is -19.2. The molecule has 10 atom stereocenters. The fourth-order valence-corrected chi connectivity index (χ4v) is 5.16. The molecule has 250 valence electrons. The Morgan fingerprint density at radius 2 is 1.57 bits per heavy atom. The summed E-state index contributed by atoms with van der Waals surface area (Å²) in [4.78, 5) is 25.1. The number of carboxylic acids is 1. The van der Waals surface area contributed by atoms with Gasteiger partial charge in [-0.15, -0.1) is 0 Å². The lowest BCUT2D eigenvalue weighted by molar-refractivity contribution is -0.355. The van der Waals surface area contributed by atoms with Crippen LogP contribution in [-0.4, -0.2) is 129 Å². The van der Waals surface area contributed by atoms with E-state index in [0.717, 1.165) is 6.07 Å². The van der Waals surface area contributed by atoms with Gasteiger partial charge in [0.15, 0.2) is 35.4 Å². The molecule has 2 saturated heterocycles. The minimum atomic E-state index is -2.12. The number of ether oxygens (including phenoxy) is 6. The van der Waals surface area contributed by atoms with Crippen molar-refractivity contribution in [1.29, 1.82) is 0 Å². The number of methoxy groups -OCH3 is 2. The minimum absolute atomic E-state index is 0.127. The normalized spacial score (nSPS) is 31.4. The molecular weight excluding hydrogens is 620 g/mol. The van der Waals surface area contributed by atoms with E-state index in [1.165, 1.54) is 20.3 Å². The van der Waals surface area contributed by atoms with Crippen molar-refractivity contribution >= 4 is 16.9 Å². The quantitative estimate of drug-likeness (QED) is 0.128. The molecule has 0 saturated carbocycles. The van der Waals surface area contributed by atoms with E-state index in [1.54, 1.807) is 24.3 Å². The highest BCUT2D eigenvalue weighted by atomic mass is 16.8. The van der Waals surface area contributed by atoms with Crippen molar-refractivity contribution in [2.75, 3.05) is 20.8 Å². The Bertz CT molecular complexity index is 1600. The molecule has 0 spiro atoms. The van der Waals surface area contributed by atoms with Gasteiger partial charge in [-0.25, -0.2) is 4.79 Å². The molecule has 3 heterocycles. The number of phenols is 1. The van der Waals surface area contributed by atoms with Crippen molar-refractivity contribution in [1.82, 2.24) is 0 Å². The third-order valence-corrected chi connectivity index (χ3v) is 7.67. The Balaban J connectivity index is 1.53. The standard InChI is InChI=1S/C29H32O17/c1-40-11-5-3-10(4-6-11)13-7-12(31)17-14(42-13)8-15(41-2)24(19(17)33)44-29-26(22(36)21(35)25(45-29)27(38)39)46-28-23(37)20(34)18(32)16(9-30)43-28/h3-8,16,18,20-23,25-26,28-30,32-37H,9H2,1-2H3,(H,38,39)/t16?,18-,20+,21+,22+,23?,25?,26?,28+,29-/m1/s1. The number of phenolic OH excluding ortho intramolecular Hbond substituents is 1. The first-order valence-corrected chi connectivity index (χ1v) is 13.8. The minimum Gasteiger partial charge on any atom is -0.504 e. The van der Waals surface area contributed by atoms with Gasteiger partial charge in [0, 0.05) is 17.7 Å². The first kappa shape index (κ1) is 33.3. The second kappa shape index (κ2) is 13.4. The van der Waals surface area contributed by atoms with Crippen molar-refractivity contribution in [2.45, 2.75) is 61.4 Å². The van der Waals surface area contributed by atoms with Crippen LogP contribution >= 0.6 is 0 Å². The van der Waals surface area contributed by atoms with Crippen molar-refractivity contribution < 1.29 is 78.5 Å². The molecule has 0 radical (unpaired) electrons. The summed E-state index contributed by atoms with van der Waals surface area (Å²) < 4.78 is 38.4. The zero-order valence-corrected chi connectivity index (χ0v) is 24.2. The van der Waals surface area contributed by atoms with Gasteiger partial charge in [0.05, 0.1) is 20.8 Å². The van der Waals surface area contributed by atoms with E-state index in [-0.39, 0.29) is 22.5 Å². The van der Waals surface area contributed by atoms with Crippen LogP contribution in [-0.2, 0) is 19.0 Å². The van der Waals surface area contributed by atoms with E-state index in [1.807, 2.05) is 0 Å². The smallest absolute Gasteiger partial charge is 0.335 e. The molecule has 0 aliphatic carbocycles. The van der Waals surface area contributed by atoms with Crippen molar-refractivity contribution in [3.05, 3.63) is 46.6 Å². The van der Waals surface area contributed by atoms with Gasteiger partial charge in [-0.05, 0) is 24.3 Å².